The summed E-state index contributed by atoms with van der Waals surface area (Å²) >= 11 is 1.23. The van der Waals surface area contributed by atoms with Crippen LogP contribution in [0.1, 0.15) is 9.67 Å². The van der Waals surface area contributed by atoms with Crippen molar-refractivity contribution in [2.45, 2.75) is 0 Å². The molecule has 0 aliphatic carbocycles. The van der Waals surface area contributed by atoms with E-state index in [2.05, 4.69) is 10.3 Å². The van der Waals surface area contributed by atoms with Gasteiger partial charge < -0.3 is 5.32 Å². The van der Waals surface area contributed by atoms with E-state index in [0.29, 0.717) is 4.88 Å². The average molecular weight is 340 g/mol. The summed E-state index contributed by atoms with van der Waals surface area (Å²) < 4.78 is 26.6. The molecular weight excluding hydrogens is 330 g/mol. The maximum absolute atomic E-state index is 13.7. The molecule has 0 bridgehead atoms. The molecular formula is C18H10F2N2OS. The fourth-order valence-electron chi connectivity index (χ4n) is 2.46. The SMILES string of the molecule is O=C(Nc1ccc(F)cc1F)c1cc2cc3ccccc3nc2s1. The lowest BCUT2D eigenvalue weighted by molar-refractivity contribution is 0.103. The predicted molar refractivity (Wildman–Crippen MR) is 91.4 cm³/mol. The van der Waals surface area contributed by atoms with E-state index >= 15 is 0 Å². The van der Waals surface area contributed by atoms with Gasteiger partial charge in [-0.3, -0.25) is 4.79 Å². The van der Waals surface area contributed by atoms with Gasteiger partial charge in [0.05, 0.1) is 16.1 Å². The summed E-state index contributed by atoms with van der Waals surface area (Å²) in [7, 11) is 0. The Morgan fingerprint density at radius 1 is 1.00 bits per heavy atom. The fraction of sp³-hybridized carbons (Fsp3) is 0. The van der Waals surface area contributed by atoms with E-state index in [4.69, 9.17) is 0 Å². The summed E-state index contributed by atoms with van der Waals surface area (Å²) in [6.45, 7) is 0. The summed E-state index contributed by atoms with van der Waals surface area (Å²) in [5, 5.41) is 4.29. The van der Waals surface area contributed by atoms with E-state index in [1.54, 1.807) is 6.07 Å². The molecule has 2 aromatic heterocycles. The second-order valence-corrected chi connectivity index (χ2v) is 6.30. The zero-order chi connectivity index (χ0) is 16.7. The summed E-state index contributed by atoms with van der Waals surface area (Å²) in [6, 6.07) is 14.4. The first-order valence-electron chi connectivity index (χ1n) is 7.16. The van der Waals surface area contributed by atoms with E-state index in [0.717, 1.165) is 33.3 Å². The third-order valence-corrected chi connectivity index (χ3v) is 4.66. The quantitative estimate of drug-likeness (QED) is 0.559. The molecule has 1 N–H and O–H groups in total. The van der Waals surface area contributed by atoms with Gasteiger partial charge in [0.1, 0.15) is 16.5 Å². The van der Waals surface area contributed by atoms with Crippen LogP contribution in [-0.4, -0.2) is 10.9 Å². The van der Waals surface area contributed by atoms with Crippen LogP contribution in [0.25, 0.3) is 21.1 Å². The zero-order valence-corrected chi connectivity index (χ0v) is 13.0. The van der Waals surface area contributed by atoms with Crippen molar-refractivity contribution in [3.8, 4) is 0 Å². The molecule has 4 aromatic rings. The molecule has 4 rings (SSSR count). The zero-order valence-electron chi connectivity index (χ0n) is 12.2. The molecule has 1 amide bonds. The van der Waals surface area contributed by atoms with Crippen molar-refractivity contribution in [2.24, 2.45) is 0 Å². The highest BCUT2D eigenvalue weighted by Gasteiger charge is 2.14. The lowest BCUT2D eigenvalue weighted by atomic mass is 10.2. The third-order valence-electron chi connectivity index (χ3n) is 3.61. The van der Waals surface area contributed by atoms with Gasteiger partial charge >= 0.3 is 0 Å². The molecule has 0 spiro atoms. The lowest BCUT2D eigenvalue weighted by Gasteiger charge is -2.04. The summed E-state index contributed by atoms with van der Waals surface area (Å²) in [6.07, 6.45) is 0. The van der Waals surface area contributed by atoms with Crippen molar-refractivity contribution >= 4 is 44.1 Å². The minimum absolute atomic E-state index is 0.0584. The number of fused-ring (bicyclic) bond motifs is 2. The molecule has 0 saturated carbocycles. The van der Waals surface area contributed by atoms with Crippen LogP contribution < -0.4 is 5.32 Å². The van der Waals surface area contributed by atoms with Crippen molar-refractivity contribution in [3.63, 3.8) is 0 Å². The number of anilines is 1. The van der Waals surface area contributed by atoms with Crippen LogP contribution in [0, 0.1) is 11.6 Å². The van der Waals surface area contributed by atoms with Crippen LogP contribution in [0.5, 0.6) is 0 Å². The molecule has 2 aromatic carbocycles. The molecule has 0 aliphatic rings. The number of carbonyl (C=O) groups is 1. The van der Waals surface area contributed by atoms with Gasteiger partial charge in [-0.15, -0.1) is 11.3 Å². The van der Waals surface area contributed by atoms with Crippen LogP contribution in [0.2, 0.25) is 0 Å². The van der Waals surface area contributed by atoms with Gasteiger partial charge in [0.2, 0.25) is 0 Å². The van der Waals surface area contributed by atoms with E-state index < -0.39 is 17.5 Å². The van der Waals surface area contributed by atoms with Crippen LogP contribution in [0.15, 0.2) is 54.6 Å². The van der Waals surface area contributed by atoms with E-state index in [1.807, 2.05) is 30.3 Å². The number of pyridine rings is 1. The Morgan fingerprint density at radius 2 is 1.83 bits per heavy atom. The number of nitrogens with one attached hydrogen (secondary N) is 1. The van der Waals surface area contributed by atoms with E-state index in [1.165, 1.54) is 17.4 Å². The molecule has 0 unspecified atom stereocenters. The number of carbonyl (C=O) groups excluding carboxylic acids is 1. The molecule has 24 heavy (non-hydrogen) atoms. The normalized spacial score (nSPS) is 11.1. The number of halogens is 2. The molecule has 0 fully saturated rings. The number of rotatable bonds is 2. The predicted octanol–water partition coefficient (Wildman–Crippen LogP) is 4.98. The largest absolute Gasteiger partial charge is 0.319 e. The van der Waals surface area contributed by atoms with Crippen LogP contribution >= 0.6 is 11.3 Å². The first-order valence-corrected chi connectivity index (χ1v) is 7.97. The number of hydrogen-bond acceptors (Lipinski definition) is 3. The molecule has 118 valence electrons. The average Bonchev–Trinajstić information content (AvgIpc) is 2.98. The Kier molecular flexibility index (Phi) is 3.46. The minimum Gasteiger partial charge on any atom is -0.319 e. The Bertz CT molecular complexity index is 1040. The van der Waals surface area contributed by atoms with Crippen molar-refractivity contribution in [1.82, 2.24) is 4.98 Å². The van der Waals surface area contributed by atoms with Gasteiger partial charge in [-0.25, -0.2) is 13.8 Å². The van der Waals surface area contributed by atoms with Crippen molar-refractivity contribution in [1.29, 1.82) is 0 Å². The Morgan fingerprint density at radius 3 is 2.67 bits per heavy atom. The Balaban J connectivity index is 1.70. The number of amides is 1. The summed E-state index contributed by atoms with van der Waals surface area (Å²) in [4.78, 5) is 18.0. The van der Waals surface area contributed by atoms with E-state index in [-0.39, 0.29) is 5.69 Å². The maximum atomic E-state index is 13.7. The molecule has 0 saturated heterocycles. The van der Waals surface area contributed by atoms with Gasteiger partial charge in [0.15, 0.2) is 0 Å². The van der Waals surface area contributed by atoms with Gasteiger partial charge in [-0.05, 0) is 30.3 Å². The first-order chi connectivity index (χ1) is 11.6. The highest BCUT2D eigenvalue weighted by molar-refractivity contribution is 7.20. The number of para-hydroxylation sites is 1. The Hall–Kier alpha value is -2.86. The monoisotopic (exact) mass is 340 g/mol. The number of nitrogens with zero attached hydrogens (tertiary/aromatic N) is 1. The van der Waals surface area contributed by atoms with E-state index in [9.17, 15) is 13.6 Å². The molecule has 2 heterocycles. The van der Waals surface area contributed by atoms with Gasteiger partial charge in [-0.1, -0.05) is 18.2 Å². The number of hydrogen-bond donors (Lipinski definition) is 1. The topological polar surface area (TPSA) is 42.0 Å². The second-order valence-electron chi connectivity index (χ2n) is 5.26. The second kappa shape index (κ2) is 5.65. The molecule has 0 aliphatic heterocycles. The van der Waals surface area contributed by atoms with Crippen LogP contribution in [0.3, 0.4) is 0 Å². The van der Waals surface area contributed by atoms with Gasteiger partial charge in [0.25, 0.3) is 5.91 Å². The number of thiophene rings is 1. The standard InChI is InChI=1S/C18H10F2N2OS/c19-12-5-6-15(13(20)9-12)21-17(23)16-8-11-7-10-3-1-2-4-14(10)22-18(11)24-16/h1-9H,(H,21,23). The first kappa shape index (κ1) is 14.7. The van der Waals surface area contributed by atoms with Crippen molar-refractivity contribution in [2.75, 3.05) is 5.32 Å². The molecule has 0 atom stereocenters. The number of benzene rings is 2. The number of aromatic nitrogens is 1. The minimum atomic E-state index is -0.812. The van der Waals surface area contributed by atoms with Gasteiger partial charge in [-0.2, -0.15) is 0 Å². The lowest BCUT2D eigenvalue weighted by Crippen LogP contribution is -2.11. The molecule has 3 nitrogen and oxygen atoms in total. The Labute approximate surface area is 139 Å². The van der Waals surface area contributed by atoms with Gasteiger partial charge in [0, 0.05) is 16.8 Å². The molecule has 0 radical (unpaired) electrons. The third kappa shape index (κ3) is 2.61. The van der Waals surface area contributed by atoms with Crippen LogP contribution in [-0.2, 0) is 0 Å². The van der Waals surface area contributed by atoms with Crippen LogP contribution in [0.4, 0.5) is 14.5 Å². The smallest absolute Gasteiger partial charge is 0.265 e. The van der Waals surface area contributed by atoms with Crippen molar-refractivity contribution < 1.29 is 13.6 Å². The molecule has 6 heteroatoms. The highest BCUT2D eigenvalue weighted by Crippen LogP contribution is 2.28. The van der Waals surface area contributed by atoms with Crippen molar-refractivity contribution in [3.05, 3.63) is 71.1 Å². The summed E-state index contributed by atoms with van der Waals surface area (Å²) in [5.74, 6) is -1.95. The maximum Gasteiger partial charge on any atom is 0.265 e. The summed E-state index contributed by atoms with van der Waals surface area (Å²) in [5.41, 5.74) is 0.792. The highest BCUT2D eigenvalue weighted by atomic mass is 32.1. The fourth-order valence-corrected chi connectivity index (χ4v) is 3.38.